The quantitative estimate of drug-likeness (QED) is 0.171. The highest BCUT2D eigenvalue weighted by atomic mass is 32.2. The molecule has 2 amide bonds. The number of hydrogen-bond donors (Lipinski definition) is 5. The van der Waals surface area contributed by atoms with Crippen molar-refractivity contribution in [2.24, 2.45) is 11.3 Å². The normalized spacial score (nSPS) is 15.2. The van der Waals surface area contributed by atoms with Gasteiger partial charge in [-0.1, -0.05) is 65.0 Å². The van der Waals surface area contributed by atoms with E-state index >= 15 is 0 Å². The van der Waals surface area contributed by atoms with Crippen molar-refractivity contribution in [1.29, 1.82) is 0 Å². The van der Waals surface area contributed by atoms with Crippen LogP contribution in [0.1, 0.15) is 40.2 Å². The molecule has 5 N–H and O–H groups in total. The lowest BCUT2D eigenvalue weighted by Gasteiger charge is -2.34. The minimum absolute atomic E-state index is 0.00328. The van der Waals surface area contributed by atoms with Crippen LogP contribution in [0, 0.1) is 11.3 Å². The highest BCUT2D eigenvalue weighted by Crippen LogP contribution is 2.35. The molecule has 0 aliphatic carbocycles. The van der Waals surface area contributed by atoms with E-state index in [9.17, 15) is 23.1 Å². The lowest BCUT2D eigenvalue weighted by atomic mass is 9.85. The summed E-state index contributed by atoms with van der Waals surface area (Å²) in [6, 6.07) is 11.8. The van der Waals surface area contributed by atoms with Crippen LogP contribution in [0.5, 0.6) is 11.5 Å². The summed E-state index contributed by atoms with van der Waals surface area (Å²) in [4.78, 5) is 26.3. The molecular weight excluding hydrogens is 588 g/mol. The first-order chi connectivity index (χ1) is 20.7. The predicted molar refractivity (Wildman–Crippen MR) is 166 cm³/mol. The Morgan fingerprint density at radius 2 is 1.68 bits per heavy atom. The molecule has 0 saturated heterocycles. The zero-order chi connectivity index (χ0) is 32.5. The fourth-order valence-corrected chi connectivity index (χ4v) is 6.42. The largest absolute Gasteiger partial charge is 0.454 e. The first-order valence-electron chi connectivity index (χ1n) is 14.8. The molecule has 44 heavy (non-hydrogen) atoms. The maximum absolute atomic E-state index is 13.8. The van der Waals surface area contributed by atoms with Crippen LogP contribution in [0.2, 0.25) is 0 Å². The molecule has 0 spiro atoms. The maximum Gasteiger partial charge on any atom is 0.243 e. The average Bonchev–Trinajstić information content (AvgIpc) is 3.43. The first kappa shape index (κ1) is 35.3. The number of nitrogens with one attached hydrogen (secondary N) is 3. The number of carbonyl (C=O) groups excluding carboxylic acids is 2. The highest BCUT2D eigenvalue weighted by molar-refractivity contribution is 7.89. The van der Waals surface area contributed by atoms with E-state index in [1.165, 1.54) is 22.5 Å². The van der Waals surface area contributed by atoms with Gasteiger partial charge in [0.2, 0.25) is 28.6 Å². The van der Waals surface area contributed by atoms with Crippen molar-refractivity contribution in [3.05, 3.63) is 54.1 Å². The minimum Gasteiger partial charge on any atom is -0.454 e. The van der Waals surface area contributed by atoms with E-state index < -0.39 is 45.4 Å². The highest BCUT2D eigenvalue weighted by Gasteiger charge is 2.37. The Morgan fingerprint density at radius 1 is 1.00 bits per heavy atom. The summed E-state index contributed by atoms with van der Waals surface area (Å²) < 4.78 is 39.6. The fourth-order valence-electron chi connectivity index (χ4n) is 4.79. The molecule has 3 unspecified atom stereocenters. The third-order valence-corrected chi connectivity index (χ3v) is 8.87. The first-order valence-corrected chi connectivity index (χ1v) is 16.2. The van der Waals surface area contributed by atoms with Crippen molar-refractivity contribution in [1.82, 2.24) is 20.3 Å². The molecule has 0 fully saturated rings. The number of aliphatic hydroxyl groups is 2. The van der Waals surface area contributed by atoms with Gasteiger partial charge in [-0.05, 0) is 35.4 Å². The average molecular weight is 635 g/mol. The van der Waals surface area contributed by atoms with Crippen molar-refractivity contribution >= 4 is 21.8 Å². The van der Waals surface area contributed by atoms with E-state index in [1.807, 2.05) is 65.0 Å². The van der Waals surface area contributed by atoms with Crippen LogP contribution in [-0.4, -0.2) is 92.5 Å². The van der Waals surface area contributed by atoms with E-state index in [2.05, 4.69) is 16.0 Å². The number of aliphatic hydroxyl groups excluding tert-OH is 2. The molecule has 0 bridgehead atoms. The predicted octanol–water partition coefficient (Wildman–Crippen LogP) is 1.26. The Morgan fingerprint density at radius 3 is 2.32 bits per heavy atom. The molecule has 0 saturated carbocycles. The molecule has 0 radical (unpaired) electrons. The van der Waals surface area contributed by atoms with Crippen molar-refractivity contribution in [2.75, 3.05) is 39.6 Å². The minimum atomic E-state index is -4.07. The molecule has 0 aromatic heterocycles. The zero-order valence-corrected chi connectivity index (χ0v) is 26.9. The molecule has 12 nitrogen and oxygen atoms in total. The van der Waals surface area contributed by atoms with E-state index in [0.717, 1.165) is 5.56 Å². The molecule has 2 aromatic rings. The molecule has 2 aromatic carbocycles. The SMILES string of the molecule is CC(C)CN(CC(O)C(Cc1ccccc1)NC(=O)C(NC(=O)CNCCO)C(C)(C)C)S(=O)(=O)c1ccc2c(c1)OCO2. The number of amides is 2. The van der Waals surface area contributed by atoms with Gasteiger partial charge < -0.3 is 35.6 Å². The van der Waals surface area contributed by atoms with Gasteiger partial charge in [0.25, 0.3) is 0 Å². The summed E-state index contributed by atoms with van der Waals surface area (Å²) in [6.45, 7) is 9.04. The number of carbonyl (C=O) groups is 2. The van der Waals surface area contributed by atoms with Crippen molar-refractivity contribution in [2.45, 2.75) is 64.1 Å². The molecule has 1 heterocycles. The smallest absolute Gasteiger partial charge is 0.243 e. The number of ether oxygens (including phenoxy) is 2. The van der Waals surface area contributed by atoms with Crippen LogP contribution < -0.4 is 25.4 Å². The summed E-state index contributed by atoms with van der Waals surface area (Å²) in [6.07, 6.45) is -1.08. The van der Waals surface area contributed by atoms with Crippen LogP contribution in [-0.2, 0) is 26.0 Å². The Labute approximate surface area is 260 Å². The topological polar surface area (TPSA) is 167 Å². The Balaban J connectivity index is 1.87. The van der Waals surface area contributed by atoms with Gasteiger partial charge in [0.15, 0.2) is 11.5 Å². The number of nitrogens with zero attached hydrogens (tertiary/aromatic N) is 1. The maximum atomic E-state index is 13.8. The van der Waals surface area contributed by atoms with Gasteiger partial charge in [-0.2, -0.15) is 4.31 Å². The monoisotopic (exact) mass is 634 g/mol. The van der Waals surface area contributed by atoms with Crippen LogP contribution in [0.15, 0.2) is 53.4 Å². The second-order valence-corrected chi connectivity index (χ2v) is 14.3. The Hall–Kier alpha value is -3.23. The van der Waals surface area contributed by atoms with Crippen LogP contribution >= 0.6 is 0 Å². The van der Waals surface area contributed by atoms with Gasteiger partial charge in [-0.15, -0.1) is 0 Å². The summed E-state index contributed by atoms with van der Waals surface area (Å²) in [5.74, 6) is -0.219. The van der Waals surface area contributed by atoms with E-state index in [0.29, 0.717) is 11.5 Å². The Kier molecular flexibility index (Phi) is 12.6. The van der Waals surface area contributed by atoms with Crippen LogP contribution in [0.3, 0.4) is 0 Å². The number of fused-ring (bicyclic) bond motifs is 1. The van der Waals surface area contributed by atoms with Gasteiger partial charge in [0.05, 0.1) is 30.2 Å². The number of hydrogen-bond acceptors (Lipinski definition) is 9. The molecule has 3 atom stereocenters. The van der Waals surface area contributed by atoms with Crippen molar-refractivity contribution in [3.8, 4) is 11.5 Å². The lowest BCUT2D eigenvalue weighted by Crippen LogP contribution is -2.59. The van der Waals surface area contributed by atoms with Crippen molar-refractivity contribution in [3.63, 3.8) is 0 Å². The fraction of sp³-hybridized carbons (Fsp3) is 0.548. The lowest BCUT2D eigenvalue weighted by molar-refractivity contribution is -0.132. The van der Waals surface area contributed by atoms with Gasteiger partial charge in [0.1, 0.15) is 6.04 Å². The second kappa shape index (κ2) is 15.7. The standard InChI is InChI=1S/C31H46N4O8S/c1-21(2)18-35(44(40,41)23-11-12-26-27(16-23)43-20-42-26)19-25(37)24(15-22-9-7-6-8-10-22)33-30(39)29(31(3,4)5)34-28(38)17-32-13-14-36/h6-12,16,21,24-25,29,32,36-37H,13-15,17-20H2,1-5H3,(H,33,39)(H,34,38). The van der Waals surface area contributed by atoms with Crippen LogP contribution in [0.4, 0.5) is 0 Å². The van der Waals surface area contributed by atoms with Gasteiger partial charge in [-0.25, -0.2) is 8.42 Å². The van der Waals surface area contributed by atoms with Gasteiger partial charge >= 0.3 is 0 Å². The Bertz CT molecular complexity index is 1350. The summed E-state index contributed by atoms with van der Waals surface area (Å²) in [7, 11) is -4.07. The third-order valence-electron chi connectivity index (χ3n) is 7.04. The third kappa shape index (κ3) is 9.89. The number of benzene rings is 2. The number of sulfonamides is 1. The molecule has 1 aliphatic heterocycles. The van der Waals surface area contributed by atoms with Gasteiger partial charge in [0, 0.05) is 25.7 Å². The summed E-state index contributed by atoms with van der Waals surface area (Å²) >= 11 is 0. The van der Waals surface area contributed by atoms with E-state index in [-0.39, 0.29) is 56.8 Å². The molecule has 1 aliphatic rings. The molecule has 3 rings (SSSR count). The second-order valence-electron chi connectivity index (χ2n) is 12.4. The molecular formula is C31H46N4O8S. The van der Waals surface area contributed by atoms with E-state index in [4.69, 9.17) is 14.6 Å². The summed E-state index contributed by atoms with van der Waals surface area (Å²) in [5.41, 5.74) is 0.140. The summed E-state index contributed by atoms with van der Waals surface area (Å²) in [5, 5.41) is 29.0. The molecule has 244 valence electrons. The van der Waals surface area contributed by atoms with Crippen LogP contribution in [0.25, 0.3) is 0 Å². The van der Waals surface area contributed by atoms with Crippen molar-refractivity contribution < 1.29 is 37.7 Å². The molecule has 13 heteroatoms. The van der Waals surface area contributed by atoms with Gasteiger partial charge in [-0.3, -0.25) is 9.59 Å². The van der Waals surface area contributed by atoms with E-state index in [1.54, 1.807) is 0 Å². The zero-order valence-electron chi connectivity index (χ0n) is 26.1. The number of rotatable bonds is 16.